The lowest BCUT2D eigenvalue weighted by atomic mass is 9.91. The number of methoxy groups -OCH3 is 1. The first kappa shape index (κ1) is 19.2. The fourth-order valence-corrected chi connectivity index (χ4v) is 3.70. The Bertz CT molecular complexity index is 752. The Morgan fingerprint density at radius 1 is 1.04 bits per heavy atom. The molecule has 28 heavy (non-hydrogen) atoms. The minimum absolute atomic E-state index is 0.334. The van der Waals surface area contributed by atoms with Crippen LogP contribution >= 0.6 is 0 Å². The van der Waals surface area contributed by atoms with Crippen LogP contribution in [0.15, 0.2) is 60.7 Å². The van der Waals surface area contributed by atoms with Crippen LogP contribution in [0, 0.1) is 5.92 Å². The lowest BCUT2D eigenvalue weighted by Crippen LogP contribution is -2.60. The van der Waals surface area contributed by atoms with E-state index < -0.39 is 30.7 Å². The first-order valence-electron chi connectivity index (χ1n) is 9.41. The van der Waals surface area contributed by atoms with Crippen LogP contribution in [0.4, 0.5) is 0 Å². The minimum Gasteiger partial charge on any atom is -0.370 e. The fourth-order valence-electron chi connectivity index (χ4n) is 3.70. The summed E-state index contributed by atoms with van der Waals surface area (Å²) in [6.45, 7) is 0.705. The van der Waals surface area contributed by atoms with Gasteiger partial charge in [-0.1, -0.05) is 60.7 Å². The summed E-state index contributed by atoms with van der Waals surface area (Å²) in [7, 11) is 1.52. The number of aldehydes is 1. The zero-order chi connectivity index (χ0) is 19.3. The molecule has 2 aromatic rings. The van der Waals surface area contributed by atoms with E-state index in [1.807, 2.05) is 60.7 Å². The van der Waals surface area contributed by atoms with Gasteiger partial charge in [-0.25, -0.2) is 0 Å². The molecule has 0 spiro atoms. The Hall–Kier alpha value is -2.09. The van der Waals surface area contributed by atoms with Gasteiger partial charge in [-0.2, -0.15) is 0 Å². The van der Waals surface area contributed by atoms with Crippen LogP contribution in [0.25, 0.3) is 0 Å². The van der Waals surface area contributed by atoms with Crippen molar-refractivity contribution in [3.8, 4) is 0 Å². The van der Waals surface area contributed by atoms with Gasteiger partial charge in [-0.05, 0) is 5.56 Å². The third-order valence-electron chi connectivity index (χ3n) is 5.13. The summed E-state index contributed by atoms with van der Waals surface area (Å²) < 4.78 is 29.6. The smallest absolute Gasteiger partial charge is 0.184 e. The summed E-state index contributed by atoms with van der Waals surface area (Å²) in [4.78, 5) is 11.9. The highest BCUT2D eigenvalue weighted by Crippen LogP contribution is 2.37. The second-order valence-corrected chi connectivity index (χ2v) is 6.93. The predicted octanol–water partition coefficient (Wildman–Crippen LogP) is 2.87. The van der Waals surface area contributed by atoms with Crippen LogP contribution in [-0.4, -0.2) is 44.6 Å². The second kappa shape index (κ2) is 8.94. The Balaban J connectivity index is 1.55. The Morgan fingerprint density at radius 3 is 2.43 bits per heavy atom. The molecule has 0 N–H and O–H groups in total. The topological polar surface area (TPSA) is 63.2 Å². The minimum atomic E-state index is -0.694. The van der Waals surface area contributed by atoms with E-state index in [1.54, 1.807) is 0 Å². The third kappa shape index (κ3) is 4.01. The van der Waals surface area contributed by atoms with E-state index in [1.165, 1.54) is 7.11 Å². The van der Waals surface area contributed by atoms with Gasteiger partial charge in [-0.3, -0.25) is 0 Å². The number of hydrogen-bond acceptors (Lipinski definition) is 6. The molecule has 4 rings (SSSR count). The van der Waals surface area contributed by atoms with Crippen LogP contribution < -0.4 is 0 Å². The molecule has 2 aliphatic heterocycles. The first-order chi connectivity index (χ1) is 13.8. The fraction of sp³-hybridized carbons (Fsp3) is 0.409. The van der Waals surface area contributed by atoms with Crippen LogP contribution in [-0.2, 0) is 35.1 Å². The number of rotatable bonds is 6. The highest BCUT2D eigenvalue weighted by molar-refractivity contribution is 5.56. The van der Waals surface area contributed by atoms with E-state index in [0.29, 0.717) is 13.2 Å². The summed E-state index contributed by atoms with van der Waals surface area (Å²) in [5, 5.41) is 0. The van der Waals surface area contributed by atoms with Crippen LogP contribution in [0.5, 0.6) is 0 Å². The van der Waals surface area contributed by atoms with Gasteiger partial charge in [0.25, 0.3) is 0 Å². The number of benzene rings is 2. The molecule has 2 heterocycles. The number of carbonyl (C=O) groups is 1. The van der Waals surface area contributed by atoms with Gasteiger partial charge in [0, 0.05) is 12.7 Å². The average Bonchev–Trinajstić information content (AvgIpc) is 2.77. The van der Waals surface area contributed by atoms with Crippen molar-refractivity contribution < 1.29 is 28.5 Å². The Kier molecular flexibility index (Phi) is 6.14. The summed E-state index contributed by atoms with van der Waals surface area (Å²) in [5.74, 6) is -0.593. The van der Waals surface area contributed by atoms with Crippen molar-refractivity contribution in [2.24, 2.45) is 5.92 Å². The van der Waals surface area contributed by atoms with E-state index >= 15 is 0 Å². The number of fused-ring (bicyclic) bond motifs is 1. The molecule has 0 saturated carbocycles. The summed E-state index contributed by atoms with van der Waals surface area (Å²) >= 11 is 0. The van der Waals surface area contributed by atoms with Crippen molar-refractivity contribution in [3.63, 3.8) is 0 Å². The van der Waals surface area contributed by atoms with Crippen molar-refractivity contribution >= 4 is 6.29 Å². The van der Waals surface area contributed by atoms with E-state index in [-0.39, 0.29) is 6.10 Å². The van der Waals surface area contributed by atoms with Gasteiger partial charge in [-0.15, -0.1) is 0 Å². The van der Waals surface area contributed by atoms with Crippen LogP contribution in [0.2, 0.25) is 0 Å². The van der Waals surface area contributed by atoms with Crippen LogP contribution in [0.1, 0.15) is 17.4 Å². The molecule has 0 aromatic heterocycles. The molecule has 6 nitrogen and oxygen atoms in total. The van der Waals surface area contributed by atoms with E-state index in [4.69, 9.17) is 23.7 Å². The van der Waals surface area contributed by atoms with Crippen molar-refractivity contribution in [1.82, 2.24) is 0 Å². The van der Waals surface area contributed by atoms with E-state index in [2.05, 4.69) is 0 Å². The van der Waals surface area contributed by atoms with Gasteiger partial charge in [0.15, 0.2) is 12.6 Å². The lowest BCUT2D eigenvalue weighted by Gasteiger charge is -2.47. The second-order valence-electron chi connectivity index (χ2n) is 6.93. The zero-order valence-electron chi connectivity index (χ0n) is 15.7. The molecule has 1 unspecified atom stereocenters. The largest absolute Gasteiger partial charge is 0.370 e. The Labute approximate surface area is 164 Å². The molecule has 0 aliphatic carbocycles. The van der Waals surface area contributed by atoms with E-state index in [9.17, 15) is 4.79 Å². The summed E-state index contributed by atoms with van der Waals surface area (Å²) in [5.41, 5.74) is 1.94. The first-order valence-corrected chi connectivity index (χ1v) is 9.41. The average molecular weight is 384 g/mol. The monoisotopic (exact) mass is 384 g/mol. The van der Waals surface area contributed by atoms with Crippen molar-refractivity contribution in [3.05, 3.63) is 71.8 Å². The van der Waals surface area contributed by atoms with Crippen molar-refractivity contribution in [2.45, 2.75) is 37.5 Å². The summed E-state index contributed by atoms with van der Waals surface area (Å²) in [6.07, 6.45) is -1.71. The molecular weight excluding hydrogens is 360 g/mol. The van der Waals surface area contributed by atoms with Gasteiger partial charge < -0.3 is 28.5 Å². The zero-order valence-corrected chi connectivity index (χ0v) is 15.7. The SMILES string of the molecule is CO[C@H]1O[C@@H]2COC(c3ccccc3)O[C@H]2[C@H](OCc2ccccc2)[C@@H]1C=O. The maximum atomic E-state index is 11.9. The predicted molar refractivity (Wildman–Crippen MR) is 100 cm³/mol. The molecule has 6 heteroatoms. The molecule has 6 atom stereocenters. The van der Waals surface area contributed by atoms with Gasteiger partial charge in [0.05, 0.1) is 19.1 Å². The van der Waals surface area contributed by atoms with Crippen molar-refractivity contribution in [2.75, 3.05) is 13.7 Å². The van der Waals surface area contributed by atoms with Crippen LogP contribution in [0.3, 0.4) is 0 Å². The molecule has 0 radical (unpaired) electrons. The molecule has 0 bridgehead atoms. The Morgan fingerprint density at radius 2 is 1.75 bits per heavy atom. The maximum absolute atomic E-state index is 11.9. The highest BCUT2D eigenvalue weighted by Gasteiger charge is 2.50. The van der Waals surface area contributed by atoms with E-state index in [0.717, 1.165) is 17.4 Å². The quantitative estimate of drug-likeness (QED) is 0.714. The molecular formula is C22H24O6. The molecule has 2 saturated heterocycles. The normalized spacial score (nSPS) is 32.5. The molecule has 2 fully saturated rings. The number of ether oxygens (including phenoxy) is 5. The van der Waals surface area contributed by atoms with Gasteiger partial charge in [0.1, 0.15) is 24.6 Å². The highest BCUT2D eigenvalue weighted by atomic mass is 16.7. The van der Waals surface area contributed by atoms with Crippen molar-refractivity contribution in [1.29, 1.82) is 0 Å². The number of carbonyl (C=O) groups excluding carboxylic acids is 1. The lowest BCUT2D eigenvalue weighted by molar-refractivity contribution is -0.350. The standard InChI is InChI=1S/C22H24O6/c1-24-22-17(12-23)19(25-13-15-8-4-2-5-9-15)20-18(27-22)14-26-21(28-20)16-10-6-3-7-11-16/h2-12,17-22H,13-14H2,1H3/t17-,18+,19+,20+,21?,22-/m0/s1. The summed E-state index contributed by atoms with van der Waals surface area (Å²) in [6, 6.07) is 19.5. The third-order valence-corrected chi connectivity index (χ3v) is 5.13. The molecule has 2 aromatic carbocycles. The van der Waals surface area contributed by atoms with Gasteiger partial charge >= 0.3 is 0 Å². The van der Waals surface area contributed by atoms with Gasteiger partial charge in [0.2, 0.25) is 0 Å². The maximum Gasteiger partial charge on any atom is 0.184 e. The molecule has 0 amide bonds. The molecule has 2 aliphatic rings. The molecule has 148 valence electrons. The number of hydrogen-bond donors (Lipinski definition) is 0.